The number of aromatic carboxylic acids is 1. The molecule has 104 valence electrons. The lowest BCUT2D eigenvalue weighted by molar-refractivity contribution is 0.0696. The van der Waals surface area contributed by atoms with Gasteiger partial charge >= 0.3 is 5.97 Å². The summed E-state index contributed by atoms with van der Waals surface area (Å²) in [4.78, 5) is 14.9. The van der Waals surface area contributed by atoms with Crippen molar-refractivity contribution in [3.05, 3.63) is 29.6 Å². The van der Waals surface area contributed by atoms with Crippen LogP contribution < -0.4 is 5.32 Å². The quantitative estimate of drug-likeness (QED) is 0.838. The Morgan fingerprint density at radius 3 is 2.74 bits per heavy atom. The van der Waals surface area contributed by atoms with E-state index in [1.165, 1.54) is 31.9 Å². The lowest BCUT2D eigenvalue weighted by Crippen LogP contribution is -2.34. The lowest BCUT2D eigenvalue weighted by atomic mass is 10.1. The zero-order valence-corrected chi connectivity index (χ0v) is 12.0. The maximum atomic E-state index is 10.7. The molecule has 2 rings (SSSR count). The maximum absolute atomic E-state index is 10.7. The third kappa shape index (κ3) is 3.70. The van der Waals surface area contributed by atoms with E-state index in [2.05, 4.69) is 16.6 Å². The molecule has 2 N–H and O–H groups in total. The number of hydrogen-bond donors (Lipinski definition) is 2. The number of carboxylic acid groups (broad SMARTS) is 1. The molecule has 0 saturated heterocycles. The molecule has 1 fully saturated rings. The molecule has 1 aliphatic rings. The van der Waals surface area contributed by atoms with Gasteiger partial charge in [0.05, 0.1) is 11.3 Å². The third-order valence-electron chi connectivity index (χ3n) is 3.77. The first-order chi connectivity index (χ1) is 9.15. The highest BCUT2D eigenvalue weighted by atomic mass is 32.2. The summed E-state index contributed by atoms with van der Waals surface area (Å²) >= 11 is 1.96. The number of carbonyl (C=O) groups is 1. The smallest absolute Gasteiger partial charge is 0.337 e. The Balaban J connectivity index is 1.83. The van der Waals surface area contributed by atoms with E-state index in [1.807, 2.05) is 11.8 Å². The minimum Gasteiger partial charge on any atom is -0.478 e. The van der Waals surface area contributed by atoms with Crippen LogP contribution in [0.4, 0.5) is 0 Å². The minimum atomic E-state index is -0.931. The molecule has 4 nitrogen and oxygen atoms in total. The number of thioether (sulfide) groups is 1. The molecule has 1 aliphatic carbocycles. The summed E-state index contributed by atoms with van der Waals surface area (Å²) in [5, 5.41) is 12.3. The van der Waals surface area contributed by atoms with Crippen molar-refractivity contribution in [2.45, 2.75) is 37.0 Å². The number of carboxylic acids is 1. The number of rotatable bonds is 6. The van der Waals surface area contributed by atoms with E-state index < -0.39 is 5.97 Å². The van der Waals surface area contributed by atoms with Crippen LogP contribution in [0.5, 0.6) is 0 Å². The number of aromatic nitrogens is 1. The van der Waals surface area contributed by atoms with E-state index >= 15 is 0 Å². The van der Waals surface area contributed by atoms with Gasteiger partial charge in [-0.25, -0.2) is 4.79 Å². The highest BCUT2D eigenvalue weighted by Crippen LogP contribution is 2.39. The van der Waals surface area contributed by atoms with Gasteiger partial charge in [0.15, 0.2) is 0 Å². The average molecular weight is 280 g/mol. The minimum absolute atomic E-state index is 0.236. The molecule has 0 aliphatic heterocycles. The number of nitrogens with one attached hydrogen (secondary N) is 1. The van der Waals surface area contributed by atoms with E-state index in [-0.39, 0.29) is 5.56 Å². The number of pyridine rings is 1. The molecule has 0 bridgehead atoms. The SMILES string of the molecule is CSC1(CNCc2ccc(C(=O)O)cn2)CCCC1. The Labute approximate surface area is 118 Å². The number of nitrogens with zero attached hydrogens (tertiary/aromatic N) is 1. The second-order valence-electron chi connectivity index (χ2n) is 5.04. The van der Waals surface area contributed by atoms with Gasteiger partial charge in [0, 0.05) is 24.0 Å². The van der Waals surface area contributed by atoms with Gasteiger partial charge in [-0.1, -0.05) is 12.8 Å². The Kier molecular flexibility index (Phi) is 4.82. The largest absolute Gasteiger partial charge is 0.478 e. The van der Waals surface area contributed by atoms with Crippen molar-refractivity contribution in [3.63, 3.8) is 0 Å². The molecule has 0 spiro atoms. The summed E-state index contributed by atoms with van der Waals surface area (Å²) in [5.41, 5.74) is 1.12. The average Bonchev–Trinajstić information content (AvgIpc) is 2.89. The highest BCUT2D eigenvalue weighted by molar-refractivity contribution is 8.00. The molecular weight excluding hydrogens is 260 g/mol. The molecule has 1 aromatic heterocycles. The van der Waals surface area contributed by atoms with Gasteiger partial charge in [-0.15, -0.1) is 0 Å². The molecule has 1 heterocycles. The van der Waals surface area contributed by atoms with E-state index in [4.69, 9.17) is 5.11 Å². The van der Waals surface area contributed by atoms with Gasteiger partial charge in [-0.2, -0.15) is 11.8 Å². The van der Waals surface area contributed by atoms with Crippen LogP contribution in [0.1, 0.15) is 41.7 Å². The Hall–Kier alpha value is -1.07. The second kappa shape index (κ2) is 6.39. The van der Waals surface area contributed by atoms with Crippen molar-refractivity contribution in [2.24, 2.45) is 0 Å². The molecule has 0 unspecified atom stereocenters. The first-order valence-corrected chi connectivity index (χ1v) is 7.82. The predicted octanol–water partition coefficient (Wildman–Crippen LogP) is 2.55. The van der Waals surface area contributed by atoms with Crippen LogP contribution in [0.25, 0.3) is 0 Å². The number of hydrogen-bond acceptors (Lipinski definition) is 4. The molecule has 0 radical (unpaired) electrons. The molecule has 1 aromatic rings. The zero-order chi connectivity index (χ0) is 13.7. The van der Waals surface area contributed by atoms with Gasteiger partial charge in [-0.3, -0.25) is 4.98 Å². The van der Waals surface area contributed by atoms with E-state index in [9.17, 15) is 4.79 Å². The Bertz CT molecular complexity index is 428. The molecule has 1 saturated carbocycles. The predicted molar refractivity (Wildman–Crippen MR) is 77.6 cm³/mol. The summed E-state index contributed by atoms with van der Waals surface area (Å²) in [6.07, 6.45) is 8.83. The van der Waals surface area contributed by atoms with Gasteiger partial charge < -0.3 is 10.4 Å². The van der Waals surface area contributed by atoms with Crippen molar-refractivity contribution in [3.8, 4) is 0 Å². The molecule has 0 atom stereocenters. The third-order valence-corrected chi connectivity index (χ3v) is 5.19. The van der Waals surface area contributed by atoms with Gasteiger partial charge in [0.1, 0.15) is 0 Å². The monoisotopic (exact) mass is 280 g/mol. The summed E-state index contributed by atoms with van der Waals surface area (Å²) in [5.74, 6) is -0.931. The van der Waals surface area contributed by atoms with Crippen molar-refractivity contribution in [2.75, 3.05) is 12.8 Å². The van der Waals surface area contributed by atoms with E-state index in [0.717, 1.165) is 12.2 Å². The van der Waals surface area contributed by atoms with Crippen LogP contribution in [-0.4, -0.2) is 33.6 Å². The van der Waals surface area contributed by atoms with Crippen LogP contribution in [0.2, 0.25) is 0 Å². The molecular formula is C14H20N2O2S. The second-order valence-corrected chi connectivity index (χ2v) is 6.32. The van der Waals surface area contributed by atoms with Crippen LogP contribution in [-0.2, 0) is 6.54 Å². The van der Waals surface area contributed by atoms with Crippen LogP contribution in [0, 0.1) is 0 Å². The molecule has 0 aromatic carbocycles. The van der Waals surface area contributed by atoms with Crippen LogP contribution in [0.3, 0.4) is 0 Å². The molecule has 0 amide bonds. The van der Waals surface area contributed by atoms with Gasteiger partial charge in [0.25, 0.3) is 0 Å². The van der Waals surface area contributed by atoms with Crippen molar-refractivity contribution in [1.82, 2.24) is 10.3 Å². The fourth-order valence-electron chi connectivity index (χ4n) is 2.55. The fourth-order valence-corrected chi connectivity index (χ4v) is 3.49. The van der Waals surface area contributed by atoms with Crippen molar-refractivity contribution < 1.29 is 9.90 Å². The fraction of sp³-hybridized carbons (Fsp3) is 0.571. The normalized spacial score (nSPS) is 17.5. The standard InChI is InChI=1S/C14H20N2O2S/c1-19-14(6-2-3-7-14)10-15-9-12-5-4-11(8-16-12)13(17)18/h4-5,8,15H,2-3,6-7,9-10H2,1H3,(H,17,18). The highest BCUT2D eigenvalue weighted by Gasteiger charge is 2.32. The first kappa shape index (κ1) is 14.3. The van der Waals surface area contributed by atoms with E-state index in [0.29, 0.717) is 11.3 Å². The van der Waals surface area contributed by atoms with Crippen LogP contribution in [0.15, 0.2) is 18.3 Å². The van der Waals surface area contributed by atoms with Crippen molar-refractivity contribution >= 4 is 17.7 Å². The summed E-state index contributed by atoms with van der Waals surface area (Å²) < 4.78 is 0.390. The topological polar surface area (TPSA) is 62.2 Å². The zero-order valence-electron chi connectivity index (χ0n) is 11.2. The summed E-state index contributed by atoms with van der Waals surface area (Å²) in [6.45, 7) is 1.69. The summed E-state index contributed by atoms with van der Waals surface area (Å²) in [6, 6.07) is 3.38. The first-order valence-electron chi connectivity index (χ1n) is 6.59. The van der Waals surface area contributed by atoms with Gasteiger partial charge in [0.2, 0.25) is 0 Å². The Morgan fingerprint density at radius 1 is 1.47 bits per heavy atom. The van der Waals surface area contributed by atoms with Crippen molar-refractivity contribution in [1.29, 1.82) is 0 Å². The maximum Gasteiger partial charge on any atom is 0.337 e. The van der Waals surface area contributed by atoms with Gasteiger partial charge in [-0.05, 0) is 31.2 Å². The molecule has 5 heteroatoms. The van der Waals surface area contributed by atoms with Crippen LogP contribution >= 0.6 is 11.8 Å². The Morgan fingerprint density at radius 2 is 2.21 bits per heavy atom. The summed E-state index contributed by atoms with van der Waals surface area (Å²) in [7, 11) is 0. The lowest BCUT2D eigenvalue weighted by Gasteiger charge is -2.27. The molecule has 19 heavy (non-hydrogen) atoms. The van der Waals surface area contributed by atoms with E-state index in [1.54, 1.807) is 12.1 Å².